The summed E-state index contributed by atoms with van der Waals surface area (Å²) in [5.41, 5.74) is 0. The van der Waals surface area contributed by atoms with E-state index in [2.05, 4.69) is 38.3 Å². The largest absolute Gasteiger partial charge is 0.317 e. The van der Waals surface area contributed by atoms with Crippen molar-refractivity contribution in [2.24, 2.45) is 5.92 Å². The van der Waals surface area contributed by atoms with E-state index in [-0.39, 0.29) is 0 Å². The molecule has 1 aromatic heterocycles. The van der Waals surface area contributed by atoms with E-state index in [1.807, 2.05) is 11.3 Å². The molecule has 2 heteroatoms. The van der Waals surface area contributed by atoms with Crippen LogP contribution in [-0.4, -0.2) is 13.1 Å². The summed E-state index contributed by atoms with van der Waals surface area (Å²) in [6.45, 7) is 4.61. The lowest BCUT2D eigenvalue weighted by molar-refractivity contribution is 0.280. The fourth-order valence-corrected chi connectivity index (χ4v) is 3.76. The van der Waals surface area contributed by atoms with E-state index in [0.29, 0.717) is 0 Å². The number of hydrogen-bond acceptors (Lipinski definition) is 2. The van der Waals surface area contributed by atoms with Crippen LogP contribution in [0, 0.1) is 12.8 Å². The Morgan fingerprint density at radius 1 is 1.33 bits per heavy atom. The molecule has 1 N–H and O–H groups in total. The van der Waals surface area contributed by atoms with Crippen LogP contribution in [0.5, 0.6) is 0 Å². The molecule has 84 valence electrons. The molecule has 0 saturated heterocycles. The van der Waals surface area contributed by atoms with Gasteiger partial charge in [-0.1, -0.05) is 6.92 Å². The molecule has 0 aromatic carbocycles. The van der Waals surface area contributed by atoms with Crippen molar-refractivity contribution in [3.8, 4) is 0 Å². The summed E-state index contributed by atoms with van der Waals surface area (Å²) in [5, 5.41) is 3.44. The normalized spacial score (nSPS) is 31.8. The fraction of sp³-hybridized carbons (Fsp3) is 0.692. The molecule has 3 unspecified atom stereocenters. The van der Waals surface area contributed by atoms with Gasteiger partial charge in [-0.05, 0) is 57.2 Å². The van der Waals surface area contributed by atoms with E-state index in [1.165, 1.54) is 24.1 Å². The Hall–Kier alpha value is -0.340. The average molecular weight is 223 g/mol. The number of nitrogens with one attached hydrogen (secondary N) is 1. The number of thiophene rings is 1. The van der Waals surface area contributed by atoms with Gasteiger partial charge in [-0.3, -0.25) is 0 Å². The average Bonchev–Trinajstić information content (AvgIpc) is 2.65. The number of rotatable bonds is 2. The van der Waals surface area contributed by atoms with Crippen LogP contribution in [0.2, 0.25) is 0 Å². The Labute approximate surface area is 96.9 Å². The van der Waals surface area contributed by atoms with Gasteiger partial charge in [0.05, 0.1) is 0 Å². The van der Waals surface area contributed by atoms with Crippen molar-refractivity contribution >= 4 is 11.3 Å². The summed E-state index contributed by atoms with van der Waals surface area (Å²) in [7, 11) is 2.09. The minimum Gasteiger partial charge on any atom is -0.317 e. The fourth-order valence-electron chi connectivity index (χ4n) is 2.63. The minimum absolute atomic E-state index is 0.730. The quantitative estimate of drug-likeness (QED) is 0.808. The third-order valence-corrected chi connectivity index (χ3v) is 4.86. The van der Waals surface area contributed by atoms with Gasteiger partial charge in [0.25, 0.3) is 0 Å². The summed E-state index contributed by atoms with van der Waals surface area (Å²) in [6, 6.07) is 5.32. The third-order valence-electron chi connectivity index (χ3n) is 3.73. The summed E-state index contributed by atoms with van der Waals surface area (Å²) in [4.78, 5) is 3.05. The molecule has 1 aliphatic carbocycles. The highest BCUT2D eigenvalue weighted by atomic mass is 32.1. The molecule has 1 aromatic rings. The van der Waals surface area contributed by atoms with Gasteiger partial charge in [-0.2, -0.15) is 0 Å². The summed E-state index contributed by atoms with van der Waals surface area (Å²) < 4.78 is 0. The second-order valence-corrected chi connectivity index (χ2v) is 6.15. The van der Waals surface area contributed by atoms with E-state index in [4.69, 9.17) is 0 Å². The molecule has 1 saturated carbocycles. The predicted molar refractivity (Wildman–Crippen MR) is 67.7 cm³/mol. The van der Waals surface area contributed by atoms with E-state index in [0.717, 1.165) is 17.9 Å². The highest BCUT2D eigenvalue weighted by Gasteiger charge is 2.28. The lowest BCUT2D eigenvalue weighted by Gasteiger charge is -2.33. The summed E-state index contributed by atoms with van der Waals surface area (Å²) in [5.74, 6) is 1.64. The summed E-state index contributed by atoms with van der Waals surface area (Å²) in [6.07, 6.45) is 4.03. The molecule has 0 spiro atoms. The molecular formula is C13H21NS. The van der Waals surface area contributed by atoms with Crippen LogP contribution < -0.4 is 5.32 Å². The van der Waals surface area contributed by atoms with Crippen molar-refractivity contribution in [1.29, 1.82) is 0 Å². The first kappa shape index (κ1) is 11.2. The Kier molecular flexibility index (Phi) is 3.47. The predicted octanol–water partition coefficient (Wildman–Crippen LogP) is 3.55. The third kappa shape index (κ3) is 2.43. The van der Waals surface area contributed by atoms with E-state index >= 15 is 0 Å². The van der Waals surface area contributed by atoms with Crippen molar-refractivity contribution in [2.45, 2.75) is 45.1 Å². The first-order valence-electron chi connectivity index (χ1n) is 5.94. The maximum absolute atomic E-state index is 3.44. The van der Waals surface area contributed by atoms with Crippen LogP contribution in [-0.2, 0) is 0 Å². The molecule has 0 bridgehead atoms. The topological polar surface area (TPSA) is 12.0 Å². The highest BCUT2D eigenvalue weighted by Crippen LogP contribution is 2.40. The Morgan fingerprint density at radius 2 is 2.13 bits per heavy atom. The van der Waals surface area contributed by atoms with Crippen molar-refractivity contribution in [3.63, 3.8) is 0 Å². The lowest BCUT2D eigenvalue weighted by atomic mass is 9.77. The monoisotopic (exact) mass is 223 g/mol. The molecule has 15 heavy (non-hydrogen) atoms. The Morgan fingerprint density at radius 3 is 2.73 bits per heavy atom. The van der Waals surface area contributed by atoms with Gasteiger partial charge < -0.3 is 5.32 Å². The number of hydrogen-bond donors (Lipinski definition) is 1. The van der Waals surface area contributed by atoms with Crippen LogP contribution in [0.15, 0.2) is 12.1 Å². The standard InChI is InChI=1S/C13H21NS/c1-9-4-6-11(14-3)8-12(9)13-7-5-10(2)15-13/h5,7,9,11-12,14H,4,6,8H2,1-3H3. The molecule has 1 nitrogen and oxygen atoms in total. The maximum atomic E-state index is 3.44. The first-order chi connectivity index (χ1) is 7.20. The Bertz CT molecular complexity index is 318. The van der Waals surface area contributed by atoms with Crippen molar-refractivity contribution < 1.29 is 0 Å². The zero-order valence-corrected chi connectivity index (χ0v) is 10.7. The van der Waals surface area contributed by atoms with Crippen molar-refractivity contribution in [1.82, 2.24) is 5.32 Å². The maximum Gasteiger partial charge on any atom is 0.00822 e. The number of aryl methyl sites for hydroxylation is 1. The molecule has 1 aliphatic rings. The molecule has 3 atom stereocenters. The van der Waals surface area contributed by atoms with Gasteiger partial charge in [-0.25, -0.2) is 0 Å². The second-order valence-electron chi connectivity index (χ2n) is 4.83. The zero-order chi connectivity index (χ0) is 10.8. The second kappa shape index (κ2) is 4.67. The van der Waals surface area contributed by atoms with Crippen LogP contribution in [0.4, 0.5) is 0 Å². The van der Waals surface area contributed by atoms with Crippen LogP contribution in [0.3, 0.4) is 0 Å². The van der Waals surface area contributed by atoms with E-state index < -0.39 is 0 Å². The summed E-state index contributed by atoms with van der Waals surface area (Å²) >= 11 is 1.98. The lowest BCUT2D eigenvalue weighted by Crippen LogP contribution is -2.33. The van der Waals surface area contributed by atoms with Gasteiger partial charge in [-0.15, -0.1) is 11.3 Å². The van der Waals surface area contributed by atoms with Crippen molar-refractivity contribution in [2.75, 3.05) is 7.05 Å². The smallest absolute Gasteiger partial charge is 0.00822 e. The SMILES string of the molecule is CNC1CCC(C)C(c2ccc(C)s2)C1. The van der Waals surface area contributed by atoms with Crippen LogP contribution >= 0.6 is 11.3 Å². The van der Waals surface area contributed by atoms with Gasteiger partial charge in [0.1, 0.15) is 0 Å². The van der Waals surface area contributed by atoms with Gasteiger partial charge in [0.15, 0.2) is 0 Å². The molecule has 1 heterocycles. The molecule has 0 aliphatic heterocycles. The highest BCUT2D eigenvalue weighted by molar-refractivity contribution is 7.12. The van der Waals surface area contributed by atoms with Crippen LogP contribution in [0.1, 0.15) is 41.9 Å². The minimum atomic E-state index is 0.730. The molecule has 0 radical (unpaired) electrons. The molecule has 0 amide bonds. The Balaban J connectivity index is 2.12. The van der Waals surface area contributed by atoms with Gasteiger partial charge >= 0.3 is 0 Å². The van der Waals surface area contributed by atoms with E-state index in [1.54, 1.807) is 4.88 Å². The molecule has 1 fully saturated rings. The van der Waals surface area contributed by atoms with Crippen molar-refractivity contribution in [3.05, 3.63) is 21.9 Å². The first-order valence-corrected chi connectivity index (χ1v) is 6.76. The molecule has 2 rings (SSSR count). The van der Waals surface area contributed by atoms with E-state index in [9.17, 15) is 0 Å². The zero-order valence-electron chi connectivity index (χ0n) is 9.92. The van der Waals surface area contributed by atoms with Crippen LogP contribution in [0.25, 0.3) is 0 Å². The van der Waals surface area contributed by atoms with Gasteiger partial charge in [0.2, 0.25) is 0 Å². The molecular weight excluding hydrogens is 202 g/mol. The van der Waals surface area contributed by atoms with Gasteiger partial charge in [0, 0.05) is 15.8 Å².